The van der Waals surface area contributed by atoms with Crippen LogP contribution in [0.3, 0.4) is 0 Å². The van der Waals surface area contributed by atoms with Gasteiger partial charge >= 0.3 is 0 Å². The third-order valence-electron chi connectivity index (χ3n) is 4.89. The van der Waals surface area contributed by atoms with Crippen molar-refractivity contribution in [3.05, 3.63) is 75.1 Å². The molecule has 7 heteroatoms. The van der Waals surface area contributed by atoms with Crippen LogP contribution in [0.15, 0.2) is 36.4 Å². The first-order chi connectivity index (χ1) is 13.4. The van der Waals surface area contributed by atoms with E-state index in [4.69, 9.17) is 16.9 Å². The van der Waals surface area contributed by atoms with Crippen molar-refractivity contribution < 1.29 is 9.59 Å². The topological polar surface area (TPSA) is 87.8 Å². The van der Waals surface area contributed by atoms with Gasteiger partial charge in [0.1, 0.15) is 6.07 Å². The monoisotopic (exact) mass is 390 g/mol. The van der Waals surface area contributed by atoms with Gasteiger partial charge in [-0.2, -0.15) is 10.4 Å². The number of aryl methyl sites for hydroxylation is 1. The second-order valence-corrected chi connectivity index (χ2v) is 7.08. The van der Waals surface area contributed by atoms with E-state index in [1.54, 1.807) is 24.3 Å². The Kier molecular flexibility index (Phi) is 4.25. The summed E-state index contributed by atoms with van der Waals surface area (Å²) in [6.07, 6.45) is 0. The number of halogens is 1. The van der Waals surface area contributed by atoms with Crippen molar-refractivity contribution in [2.24, 2.45) is 0 Å². The smallest absolute Gasteiger partial charge is 0.258 e. The minimum absolute atomic E-state index is 0.363. The Morgan fingerprint density at radius 1 is 1.11 bits per heavy atom. The summed E-state index contributed by atoms with van der Waals surface area (Å²) in [5.74, 6) is -0.735. The predicted molar refractivity (Wildman–Crippen MR) is 104 cm³/mol. The van der Waals surface area contributed by atoms with Crippen LogP contribution < -0.4 is 5.32 Å². The van der Waals surface area contributed by atoms with E-state index in [0.29, 0.717) is 28.3 Å². The maximum Gasteiger partial charge on any atom is 0.258 e. The van der Waals surface area contributed by atoms with Crippen LogP contribution in [0.4, 0.5) is 0 Å². The van der Waals surface area contributed by atoms with E-state index < -0.39 is 0 Å². The number of nitrogens with one attached hydrogen (secondary N) is 1. The van der Waals surface area contributed by atoms with Gasteiger partial charge in [-0.3, -0.25) is 19.6 Å². The zero-order chi connectivity index (χ0) is 20.0. The molecule has 0 unspecified atom stereocenters. The largest absolute Gasteiger partial charge is 0.288 e. The second kappa shape index (κ2) is 6.63. The summed E-state index contributed by atoms with van der Waals surface area (Å²) in [4.78, 5) is 23.6. The number of hydrogen-bond acceptors (Lipinski definition) is 4. The number of benzene rings is 2. The fourth-order valence-corrected chi connectivity index (χ4v) is 3.74. The fourth-order valence-electron chi connectivity index (χ4n) is 3.52. The van der Waals surface area contributed by atoms with Crippen LogP contribution in [-0.4, -0.2) is 21.6 Å². The summed E-state index contributed by atoms with van der Waals surface area (Å²) >= 11 is 6.19. The fraction of sp³-hybridized carbons (Fsp3) is 0.143. The molecule has 4 rings (SSSR count). The van der Waals surface area contributed by atoms with Crippen molar-refractivity contribution >= 4 is 23.4 Å². The summed E-state index contributed by atoms with van der Waals surface area (Å²) < 4.78 is 1.85. The zero-order valence-corrected chi connectivity index (χ0v) is 16.0. The molecule has 1 aliphatic heterocycles. The van der Waals surface area contributed by atoms with E-state index in [1.807, 2.05) is 30.7 Å². The average molecular weight is 391 g/mol. The lowest BCUT2D eigenvalue weighted by atomic mass is 10.0. The zero-order valence-electron chi connectivity index (χ0n) is 15.2. The minimum atomic E-state index is -0.372. The van der Waals surface area contributed by atoms with Gasteiger partial charge < -0.3 is 0 Å². The summed E-state index contributed by atoms with van der Waals surface area (Å²) in [5.41, 5.74) is 5.73. The van der Waals surface area contributed by atoms with Crippen molar-refractivity contribution in [2.75, 3.05) is 0 Å². The number of aromatic nitrogens is 2. The lowest BCUT2D eigenvalue weighted by Gasteiger charge is -2.08. The Morgan fingerprint density at radius 2 is 1.86 bits per heavy atom. The van der Waals surface area contributed by atoms with Gasteiger partial charge in [0.25, 0.3) is 11.8 Å². The van der Waals surface area contributed by atoms with E-state index in [0.717, 1.165) is 28.1 Å². The Hall–Kier alpha value is -3.43. The van der Waals surface area contributed by atoms with E-state index in [2.05, 4.69) is 16.5 Å². The SMILES string of the molecule is Cc1nn(Cc2ccc3c(c2)C(=O)NC3=O)c(C)c1-c1ccc(C#N)c(Cl)c1. The summed E-state index contributed by atoms with van der Waals surface area (Å²) in [7, 11) is 0. The van der Waals surface area contributed by atoms with Gasteiger partial charge in [-0.15, -0.1) is 0 Å². The Morgan fingerprint density at radius 3 is 2.57 bits per heavy atom. The third-order valence-corrected chi connectivity index (χ3v) is 5.21. The third kappa shape index (κ3) is 2.86. The first kappa shape index (κ1) is 18.0. The second-order valence-electron chi connectivity index (χ2n) is 6.67. The van der Waals surface area contributed by atoms with Crippen molar-refractivity contribution in [2.45, 2.75) is 20.4 Å². The lowest BCUT2D eigenvalue weighted by molar-refractivity contribution is 0.0879. The number of amides is 2. The van der Waals surface area contributed by atoms with E-state index in [1.165, 1.54) is 0 Å². The molecule has 0 saturated carbocycles. The van der Waals surface area contributed by atoms with Crippen molar-refractivity contribution in [3.8, 4) is 17.2 Å². The number of nitriles is 1. The number of fused-ring (bicyclic) bond motifs is 1. The molecule has 2 heterocycles. The molecule has 2 aromatic carbocycles. The normalized spacial score (nSPS) is 12.6. The van der Waals surface area contributed by atoms with Gasteiger partial charge in [0.2, 0.25) is 0 Å². The Bertz CT molecular complexity index is 1200. The molecule has 0 fully saturated rings. The van der Waals surface area contributed by atoms with Gasteiger partial charge in [-0.05, 0) is 49.2 Å². The van der Waals surface area contributed by atoms with E-state index in [9.17, 15) is 9.59 Å². The molecule has 0 radical (unpaired) electrons. The van der Waals surface area contributed by atoms with Crippen LogP contribution >= 0.6 is 11.6 Å². The highest BCUT2D eigenvalue weighted by Crippen LogP contribution is 2.31. The minimum Gasteiger partial charge on any atom is -0.288 e. The predicted octanol–water partition coefficient (Wildman–Crippen LogP) is 3.62. The van der Waals surface area contributed by atoms with Crippen molar-refractivity contribution in [1.82, 2.24) is 15.1 Å². The number of hydrogen-bond donors (Lipinski definition) is 1. The highest BCUT2D eigenvalue weighted by Gasteiger charge is 2.26. The maximum absolute atomic E-state index is 11.9. The van der Waals surface area contributed by atoms with Crippen molar-refractivity contribution in [3.63, 3.8) is 0 Å². The van der Waals surface area contributed by atoms with E-state index >= 15 is 0 Å². The maximum atomic E-state index is 11.9. The van der Waals surface area contributed by atoms with Gasteiger partial charge in [-0.1, -0.05) is 23.7 Å². The molecular formula is C21H15ClN4O2. The van der Waals surface area contributed by atoms with Gasteiger partial charge in [0.05, 0.1) is 34.0 Å². The molecule has 0 saturated heterocycles. The summed E-state index contributed by atoms with van der Waals surface area (Å²) in [5, 5.41) is 16.4. The molecule has 0 bridgehead atoms. The van der Waals surface area contributed by atoms with Crippen LogP contribution in [-0.2, 0) is 6.54 Å². The van der Waals surface area contributed by atoms with Crippen LogP contribution in [0, 0.1) is 25.2 Å². The number of rotatable bonds is 3. The number of carbonyl (C=O) groups excluding carboxylic acids is 2. The van der Waals surface area contributed by atoms with E-state index in [-0.39, 0.29) is 11.8 Å². The van der Waals surface area contributed by atoms with Crippen LogP contribution in [0.5, 0.6) is 0 Å². The summed E-state index contributed by atoms with van der Waals surface area (Å²) in [6.45, 7) is 4.34. The molecule has 138 valence electrons. The molecule has 1 aliphatic rings. The van der Waals surface area contributed by atoms with Crippen LogP contribution in [0.1, 0.15) is 43.2 Å². The standard InChI is InChI=1S/C21H15ClN4O2/c1-11-19(14-4-5-15(9-23)18(22)8-14)12(2)26(25-11)10-13-3-6-16-17(7-13)21(28)24-20(16)27/h3-8H,10H2,1-2H3,(H,24,27,28). The van der Waals surface area contributed by atoms with Gasteiger partial charge in [0, 0.05) is 11.3 Å². The number of imide groups is 1. The Labute approximate surface area is 166 Å². The average Bonchev–Trinajstić information content (AvgIpc) is 3.10. The number of carbonyl (C=O) groups is 2. The Balaban J connectivity index is 1.70. The molecular weight excluding hydrogens is 376 g/mol. The highest BCUT2D eigenvalue weighted by molar-refractivity contribution is 6.32. The molecule has 3 aromatic rings. The number of nitrogens with zero attached hydrogens (tertiary/aromatic N) is 3. The molecule has 1 aromatic heterocycles. The molecule has 0 aliphatic carbocycles. The molecule has 0 atom stereocenters. The quantitative estimate of drug-likeness (QED) is 0.692. The molecule has 1 N–H and O–H groups in total. The molecule has 6 nitrogen and oxygen atoms in total. The van der Waals surface area contributed by atoms with Gasteiger partial charge in [-0.25, -0.2) is 0 Å². The highest BCUT2D eigenvalue weighted by atomic mass is 35.5. The molecule has 2 amide bonds. The first-order valence-corrected chi connectivity index (χ1v) is 8.99. The molecule has 28 heavy (non-hydrogen) atoms. The first-order valence-electron chi connectivity index (χ1n) is 8.61. The van der Waals surface area contributed by atoms with Crippen LogP contribution in [0.25, 0.3) is 11.1 Å². The lowest BCUT2D eigenvalue weighted by Crippen LogP contribution is -2.19. The van der Waals surface area contributed by atoms with Crippen LogP contribution in [0.2, 0.25) is 5.02 Å². The molecule has 0 spiro atoms. The van der Waals surface area contributed by atoms with Gasteiger partial charge in [0.15, 0.2) is 0 Å². The summed E-state index contributed by atoms with van der Waals surface area (Å²) in [6, 6.07) is 12.6. The van der Waals surface area contributed by atoms with Crippen molar-refractivity contribution in [1.29, 1.82) is 5.26 Å².